The van der Waals surface area contributed by atoms with E-state index in [1.54, 1.807) is 13.2 Å². The fourth-order valence-corrected chi connectivity index (χ4v) is 2.79. The van der Waals surface area contributed by atoms with Crippen molar-refractivity contribution in [3.05, 3.63) is 35.9 Å². The maximum Gasteiger partial charge on any atom is 0.247 e. The molecule has 0 aromatic heterocycles. The van der Waals surface area contributed by atoms with Crippen molar-refractivity contribution in [2.24, 2.45) is 0 Å². The molecule has 0 saturated carbocycles. The third-order valence-corrected chi connectivity index (χ3v) is 3.97. The number of carbonyl (C=O) groups excluding carboxylic acids is 1. The molecule has 4 nitrogen and oxygen atoms in total. The van der Waals surface area contributed by atoms with Crippen molar-refractivity contribution < 1.29 is 9.53 Å². The summed E-state index contributed by atoms with van der Waals surface area (Å²) < 4.78 is 5.23. The molecule has 21 heavy (non-hydrogen) atoms. The number of nitrogens with zero attached hydrogens (tertiary/aromatic N) is 1. The molecule has 1 aliphatic rings. The first-order chi connectivity index (χ1) is 10.2. The Kier molecular flexibility index (Phi) is 5.39. The van der Waals surface area contributed by atoms with Gasteiger partial charge in [0.2, 0.25) is 5.91 Å². The standard InChI is InChI=1S/C17H24N2O2/c1-13(14-6-4-8-16(11-14)21-3)10-17(20)19-9-5-7-15(19)12-18-2/h4,6,8,10-11,15,18H,5,7,9,12H2,1-3H3. The van der Waals surface area contributed by atoms with E-state index in [-0.39, 0.29) is 5.91 Å². The van der Waals surface area contributed by atoms with Gasteiger partial charge in [-0.1, -0.05) is 12.1 Å². The van der Waals surface area contributed by atoms with E-state index in [0.29, 0.717) is 6.04 Å². The lowest BCUT2D eigenvalue weighted by Gasteiger charge is -2.23. The van der Waals surface area contributed by atoms with Crippen molar-refractivity contribution in [2.75, 3.05) is 27.2 Å². The van der Waals surface area contributed by atoms with Crippen LogP contribution in [0.3, 0.4) is 0 Å². The Balaban J connectivity index is 2.12. The van der Waals surface area contributed by atoms with Crippen LogP contribution in [0.2, 0.25) is 0 Å². The number of hydrogen-bond acceptors (Lipinski definition) is 3. The summed E-state index contributed by atoms with van der Waals surface area (Å²) >= 11 is 0. The zero-order valence-corrected chi connectivity index (χ0v) is 13.1. The minimum atomic E-state index is 0.105. The van der Waals surface area contributed by atoms with E-state index in [9.17, 15) is 4.79 Å². The highest BCUT2D eigenvalue weighted by Gasteiger charge is 2.26. The second-order valence-electron chi connectivity index (χ2n) is 5.44. The van der Waals surface area contributed by atoms with E-state index < -0.39 is 0 Å². The first-order valence-corrected chi connectivity index (χ1v) is 7.43. The molecular formula is C17H24N2O2. The highest BCUT2D eigenvalue weighted by Crippen LogP contribution is 2.22. The molecule has 1 N–H and O–H groups in total. The second kappa shape index (κ2) is 7.27. The lowest BCUT2D eigenvalue weighted by molar-refractivity contribution is -0.126. The maximum absolute atomic E-state index is 12.5. The van der Waals surface area contributed by atoms with Crippen LogP contribution < -0.4 is 10.1 Å². The smallest absolute Gasteiger partial charge is 0.247 e. The SMILES string of the molecule is CNCC1CCCN1C(=O)C=C(C)c1cccc(OC)c1. The van der Waals surface area contributed by atoms with Gasteiger partial charge in [0, 0.05) is 25.2 Å². The molecule has 0 aliphatic carbocycles. The summed E-state index contributed by atoms with van der Waals surface area (Å²) in [4.78, 5) is 14.4. The second-order valence-corrected chi connectivity index (χ2v) is 5.44. The molecule has 0 spiro atoms. The lowest BCUT2D eigenvalue weighted by atomic mass is 10.1. The molecule has 1 saturated heterocycles. The quantitative estimate of drug-likeness (QED) is 0.845. The molecule has 1 aliphatic heterocycles. The van der Waals surface area contributed by atoms with Gasteiger partial charge in [-0.25, -0.2) is 0 Å². The zero-order valence-electron chi connectivity index (χ0n) is 13.1. The molecule has 0 radical (unpaired) electrons. The zero-order chi connectivity index (χ0) is 15.2. The number of likely N-dealkylation sites (tertiary alicyclic amines) is 1. The summed E-state index contributed by atoms with van der Waals surface area (Å²) in [6, 6.07) is 8.11. The summed E-state index contributed by atoms with van der Waals surface area (Å²) in [6.45, 7) is 3.68. The van der Waals surface area contributed by atoms with Gasteiger partial charge in [-0.3, -0.25) is 4.79 Å². The number of likely N-dealkylation sites (N-methyl/N-ethyl adjacent to an activating group) is 1. The number of amides is 1. The average molecular weight is 288 g/mol. The summed E-state index contributed by atoms with van der Waals surface area (Å²) in [5, 5.41) is 3.16. The van der Waals surface area contributed by atoms with Gasteiger partial charge in [0.05, 0.1) is 7.11 Å². The van der Waals surface area contributed by atoms with Crippen LogP contribution in [0.15, 0.2) is 30.3 Å². The summed E-state index contributed by atoms with van der Waals surface area (Å²) in [5.41, 5.74) is 1.99. The van der Waals surface area contributed by atoms with Crippen LogP contribution in [0.5, 0.6) is 5.75 Å². The van der Waals surface area contributed by atoms with Crippen molar-refractivity contribution in [2.45, 2.75) is 25.8 Å². The minimum absolute atomic E-state index is 0.105. The van der Waals surface area contributed by atoms with Crippen LogP contribution in [0, 0.1) is 0 Å². The predicted molar refractivity (Wildman–Crippen MR) is 85.3 cm³/mol. The Labute approximate surface area is 126 Å². The molecule has 1 heterocycles. The normalized spacial score (nSPS) is 18.9. The van der Waals surface area contributed by atoms with Crippen molar-refractivity contribution >= 4 is 11.5 Å². The maximum atomic E-state index is 12.5. The van der Waals surface area contributed by atoms with Crippen molar-refractivity contribution in [1.29, 1.82) is 0 Å². The predicted octanol–water partition coefficient (Wildman–Crippen LogP) is 2.31. The molecule has 4 heteroatoms. The van der Waals surface area contributed by atoms with Gasteiger partial charge in [0.15, 0.2) is 0 Å². The molecule has 1 fully saturated rings. The van der Waals surface area contributed by atoms with Gasteiger partial charge in [-0.15, -0.1) is 0 Å². The van der Waals surface area contributed by atoms with Crippen LogP contribution in [0.1, 0.15) is 25.3 Å². The van der Waals surface area contributed by atoms with Crippen LogP contribution in [-0.4, -0.2) is 44.1 Å². The topological polar surface area (TPSA) is 41.6 Å². The first-order valence-electron chi connectivity index (χ1n) is 7.43. The monoisotopic (exact) mass is 288 g/mol. The summed E-state index contributed by atoms with van der Waals surface area (Å²) in [7, 11) is 3.58. The molecule has 1 aromatic carbocycles. The van der Waals surface area contributed by atoms with E-state index >= 15 is 0 Å². The van der Waals surface area contributed by atoms with Crippen LogP contribution in [0.25, 0.3) is 5.57 Å². The van der Waals surface area contributed by atoms with Crippen LogP contribution >= 0.6 is 0 Å². The van der Waals surface area contributed by atoms with Gasteiger partial charge >= 0.3 is 0 Å². The molecule has 114 valence electrons. The Morgan fingerprint density at radius 3 is 3.05 bits per heavy atom. The number of carbonyl (C=O) groups is 1. The van der Waals surface area contributed by atoms with E-state index in [0.717, 1.165) is 42.8 Å². The highest BCUT2D eigenvalue weighted by molar-refractivity contribution is 5.95. The number of benzene rings is 1. The largest absolute Gasteiger partial charge is 0.497 e. The van der Waals surface area contributed by atoms with Gasteiger partial charge in [0.1, 0.15) is 5.75 Å². The van der Waals surface area contributed by atoms with Gasteiger partial charge in [-0.2, -0.15) is 0 Å². The Morgan fingerprint density at radius 2 is 2.33 bits per heavy atom. The fourth-order valence-electron chi connectivity index (χ4n) is 2.79. The average Bonchev–Trinajstić information content (AvgIpc) is 2.96. The van der Waals surface area contributed by atoms with E-state index in [1.807, 2.05) is 43.1 Å². The Hall–Kier alpha value is -1.81. The number of hydrogen-bond donors (Lipinski definition) is 1. The highest BCUT2D eigenvalue weighted by atomic mass is 16.5. The number of rotatable bonds is 5. The van der Waals surface area contributed by atoms with Crippen molar-refractivity contribution in [3.63, 3.8) is 0 Å². The molecule has 1 atom stereocenters. The van der Waals surface area contributed by atoms with Gasteiger partial charge < -0.3 is 15.0 Å². The number of nitrogens with one attached hydrogen (secondary N) is 1. The Bertz CT molecular complexity index is 525. The molecule has 2 rings (SSSR count). The van der Waals surface area contributed by atoms with Crippen molar-refractivity contribution in [1.82, 2.24) is 10.2 Å². The lowest BCUT2D eigenvalue weighted by Crippen LogP contribution is -2.40. The molecule has 1 amide bonds. The number of methoxy groups -OCH3 is 1. The van der Waals surface area contributed by atoms with Crippen LogP contribution in [-0.2, 0) is 4.79 Å². The van der Waals surface area contributed by atoms with Crippen LogP contribution in [0.4, 0.5) is 0 Å². The molecule has 1 unspecified atom stereocenters. The first kappa shape index (κ1) is 15.6. The van der Waals surface area contributed by atoms with E-state index in [2.05, 4.69) is 5.32 Å². The molecule has 1 aromatic rings. The Morgan fingerprint density at radius 1 is 1.52 bits per heavy atom. The van der Waals surface area contributed by atoms with Gasteiger partial charge in [-0.05, 0) is 50.1 Å². The molecule has 0 bridgehead atoms. The minimum Gasteiger partial charge on any atom is -0.497 e. The number of ether oxygens (including phenoxy) is 1. The van der Waals surface area contributed by atoms with Crippen molar-refractivity contribution in [3.8, 4) is 5.75 Å². The van der Waals surface area contributed by atoms with E-state index in [4.69, 9.17) is 4.74 Å². The number of allylic oxidation sites excluding steroid dienone is 1. The third-order valence-electron chi connectivity index (χ3n) is 3.97. The molecular weight excluding hydrogens is 264 g/mol. The third kappa shape index (κ3) is 3.85. The van der Waals surface area contributed by atoms with E-state index in [1.165, 1.54) is 0 Å². The van der Waals surface area contributed by atoms with Gasteiger partial charge in [0.25, 0.3) is 0 Å². The fraction of sp³-hybridized carbons (Fsp3) is 0.471. The summed E-state index contributed by atoms with van der Waals surface area (Å²) in [6.07, 6.45) is 3.91. The summed E-state index contributed by atoms with van der Waals surface area (Å²) in [5.74, 6) is 0.912.